The van der Waals surface area contributed by atoms with Crippen molar-refractivity contribution in [3.63, 3.8) is 0 Å². The Labute approximate surface area is 220 Å². The van der Waals surface area contributed by atoms with Crippen molar-refractivity contribution in [1.82, 2.24) is 24.8 Å². The van der Waals surface area contributed by atoms with Gasteiger partial charge in [0, 0.05) is 69.2 Å². The lowest BCUT2D eigenvalue weighted by atomic mass is 10.2. The van der Waals surface area contributed by atoms with Crippen LogP contribution in [0.5, 0.6) is 0 Å². The molecule has 11 nitrogen and oxygen atoms in total. The maximum atomic E-state index is 11.3. The van der Waals surface area contributed by atoms with Crippen LogP contribution in [0, 0.1) is 0 Å². The summed E-state index contributed by atoms with van der Waals surface area (Å²) < 4.78 is 0. The van der Waals surface area contributed by atoms with E-state index in [4.69, 9.17) is 19.9 Å². The van der Waals surface area contributed by atoms with Crippen molar-refractivity contribution in [3.8, 4) is 0 Å². The van der Waals surface area contributed by atoms with E-state index in [1.165, 1.54) is 6.92 Å². The maximum Gasteiger partial charge on any atom is 0.300 e. The van der Waals surface area contributed by atoms with Crippen LogP contribution in [0.3, 0.4) is 0 Å². The zero-order valence-corrected chi connectivity index (χ0v) is 21.3. The number of para-hydroxylation sites is 1. The quantitative estimate of drug-likeness (QED) is 0.350. The van der Waals surface area contributed by atoms with Crippen LogP contribution < -0.4 is 15.5 Å². The van der Waals surface area contributed by atoms with Gasteiger partial charge in [-0.25, -0.2) is 19.9 Å². The van der Waals surface area contributed by atoms with Gasteiger partial charge in [0.05, 0.1) is 12.1 Å². The second kappa shape index (κ2) is 12.5. The Hall–Kier alpha value is -4.64. The van der Waals surface area contributed by atoms with Crippen LogP contribution >= 0.6 is 0 Å². The van der Waals surface area contributed by atoms with E-state index in [0.29, 0.717) is 6.54 Å². The molecule has 3 N–H and O–H groups in total. The number of carbonyl (C=O) groups is 2. The van der Waals surface area contributed by atoms with E-state index in [-0.39, 0.29) is 5.91 Å². The van der Waals surface area contributed by atoms with Crippen LogP contribution in [0.15, 0.2) is 67.0 Å². The first kappa shape index (κ1) is 26.4. The van der Waals surface area contributed by atoms with Gasteiger partial charge in [0.1, 0.15) is 11.6 Å². The summed E-state index contributed by atoms with van der Waals surface area (Å²) >= 11 is 0. The summed E-state index contributed by atoms with van der Waals surface area (Å²) in [7, 11) is 0. The number of nitrogens with zero attached hydrogens (tertiary/aromatic N) is 6. The molecule has 0 bridgehead atoms. The number of amides is 1. The molecule has 11 heteroatoms. The molecular formula is C27H30N8O3. The number of fused-ring (bicyclic) bond motifs is 1. The molecule has 1 aliphatic rings. The molecule has 1 aliphatic heterocycles. The first-order valence-corrected chi connectivity index (χ1v) is 12.2. The minimum atomic E-state index is -0.833. The third-order valence-electron chi connectivity index (χ3n) is 5.69. The summed E-state index contributed by atoms with van der Waals surface area (Å²) in [6.45, 7) is 6.76. The number of hydrogen-bond donors (Lipinski definition) is 3. The maximum absolute atomic E-state index is 11.3. The van der Waals surface area contributed by atoms with E-state index in [2.05, 4.69) is 30.4 Å². The molecule has 0 radical (unpaired) electrons. The van der Waals surface area contributed by atoms with Crippen molar-refractivity contribution in [1.29, 1.82) is 0 Å². The van der Waals surface area contributed by atoms with E-state index >= 15 is 0 Å². The van der Waals surface area contributed by atoms with E-state index in [0.717, 1.165) is 73.0 Å². The van der Waals surface area contributed by atoms with E-state index in [9.17, 15) is 4.79 Å². The summed E-state index contributed by atoms with van der Waals surface area (Å²) in [5, 5.41) is 14.6. The molecule has 1 saturated heterocycles. The van der Waals surface area contributed by atoms with Gasteiger partial charge in [-0.15, -0.1) is 0 Å². The lowest BCUT2D eigenvalue weighted by Gasteiger charge is -2.34. The van der Waals surface area contributed by atoms with Gasteiger partial charge in [0.25, 0.3) is 5.97 Å². The van der Waals surface area contributed by atoms with Crippen molar-refractivity contribution in [2.45, 2.75) is 20.4 Å². The van der Waals surface area contributed by atoms with Gasteiger partial charge in [0.2, 0.25) is 11.9 Å². The minimum Gasteiger partial charge on any atom is -0.481 e. The molecule has 2 aromatic carbocycles. The third kappa shape index (κ3) is 7.43. The number of anilines is 4. The van der Waals surface area contributed by atoms with Crippen LogP contribution in [0.25, 0.3) is 10.9 Å². The number of aliphatic carboxylic acids is 1. The fourth-order valence-corrected chi connectivity index (χ4v) is 4.03. The van der Waals surface area contributed by atoms with Crippen LogP contribution in [0.1, 0.15) is 19.7 Å². The molecular weight excluding hydrogens is 484 g/mol. The van der Waals surface area contributed by atoms with Crippen molar-refractivity contribution in [2.24, 2.45) is 0 Å². The molecule has 5 rings (SSSR count). The number of carboxylic acids is 1. The van der Waals surface area contributed by atoms with Crippen LogP contribution in [-0.4, -0.2) is 68.0 Å². The highest BCUT2D eigenvalue weighted by atomic mass is 16.4. The number of piperazine rings is 1. The molecule has 0 spiro atoms. The molecule has 0 unspecified atom stereocenters. The Morgan fingerprint density at radius 3 is 2.16 bits per heavy atom. The molecule has 0 aliphatic carbocycles. The van der Waals surface area contributed by atoms with E-state index < -0.39 is 5.97 Å². The minimum absolute atomic E-state index is 0.0933. The van der Waals surface area contributed by atoms with Gasteiger partial charge < -0.3 is 20.6 Å². The number of benzene rings is 2. The molecule has 1 fully saturated rings. The largest absolute Gasteiger partial charge is 0.481 e. The number of carbonyl (C=O) groups excluding carboxylic acids is 1. The summed E-state index contributed by atoms with van der Waals surface area (Å²) in [6, 6.07) is 17.4. The van der Waals surface area contributed by atoms with Crippen molar-refractivity contribution in [3.05, 3.63) is 72.8 Å². The Morgan fingerprint density at radius 2 is 1.50 bits per heavy atom. The molecule has 3 heterocycles. The van der Waals surface area contributed by atoms with Gasteiger partial charge in [-0.05, 0) is 42.5 Å². The highest BCUT2D eigenvalue weighted by molar-refractivity contribution is 5.91. The first-order chi connectivity index (χ1) is 18.4. The number of carboxylic acid groups (broad SMARTS) is 1. The third-order valence-corrected chi connectivity index (χ3v) is 5.69. The Bertz CT molecular complexity index is 1370. The molecule has 4 aromatic rings. The first-order valence-electron chi connectivity index (χ1n) is 12.2. The second-order valence-corrected chi connectivity index (χ2v) is 8.72. The summed E-state index contributed by atoms with van der Waals surface area (Å²) in [5.74, 6) is 1.40. The lowest BCUT2D eigenvalue weighted by molar-refractivity contribution is -0.134. The van der Waals surface area contributed by atoms with Gasteiger partial charge in [-0.3, -0.25) is 14.5 Å². The Kier molecular flexibility index (Phi) is 8.73. The van der Waals surface area contributed by atoms with Crippen molar-refractivity contribution >= 4 is 45.9 Å². The number of rotatable bonds is 6. The number of nitrogens with one attached hydrogen (secondary N) is 2. The van der Waals surface area contributed by atoms with E-state index in [1.807, 2.05) is 54.6 Å². The molecule has 0 atom stereocenters. The average molecular weight is 515 g/mol. The summed E-state index contributed by atoms with van der Waals surface area (Å²) in [5.41, 5.74) is 2.55. The van der Waals surface area contributed by atoms with Gasteiger partial charge >= 0.3 is 0 Å². The monoisotopic (exact) mass is 514 g/mol. The standard InChI is InChI=1S/C25H26N8O.C2H4O2/c1-18(34)28-19-7-9-20(10-8-19)29-24-21-5-2-3-6-22(21)30-23(31-24)17-32-13-15-33(16-14-32)25-26-11-4-12-27-25;1-2(3)4/h2-12H,13-17H2,1H3,(H,28,34)(H,29,30,31);1H3,(H,3,4). The topological polar surface area (TPSA) is 136 Å². The van der Waals surface area contributed by atoms with Gasteiger partial charge in [-0.1, -0.05) is 12.1 Å². The second-order valence-electron chi connectivity index (χ2n) is 8.72. The van der Waals surface area contributed by atoms with Crippen LogP contribution in [0.4, 0.5) is 23.1 Å². The number of aromatic nitrogens is 4. The Balaban J connectivity index is 0.000000786. The lowest BCUT2D eigenvalue weighted by Crippen LogP contribution is -2.46. The summed E-state index contributed by atoms with van der Waals surface area (Å²) in [4.78, 5) is 43.2. The molecule has 38 heavy (non-hydrogen) atoms. The van der Waals surface area contributed by atoms with Crippen molar-refractivity contribution in [2.75, 3.05) is 41.7 Å². The van der Waals surface area contributed by atoms with E-state index in [1.54, 1.807) is 12.4 Å². The Morgan fingerprint density at radius 1 is 0.868 bits per heavy atom. The molecule has 2 aromatic heterocycles. The normalized spacial score (nSPS) is 13.4. The van der Waals surface area contributed by atoms with Gasteiger partial charge in [0.15, 0.2) is 0 Å². The highest BCUT2D eigenvalue weighted by Crippen LogP contribution is 2.25. The predicted octanol–water partition coefficient (Wildman–Crippen LogP) is 3.53. The average Bonchev–Trinajstić information content (AvgIpc) is 2.90. The zero-order valence-electron chi connectivity index (χ0n) is 21.3. The van der Waals surface area contributed by atoms with Crippen molar-refractivity contribution < 1.29 is 14.7 Å². The zero-order chi connectivity index (χ0) is 26.9. The smallest absolute Gasteiger partial charge is 0.300 e. The summed E-state index contributed by atoms with van der Waals surface area (Å²) in [6.07, 6.45) is 3.55. The highest BCUT2D eigenvalue weighted by Gasteiger charge is 2.20. The number of hydrogen-bond acceptors (Lipinski definition) is 9. The molecule has 196 valence electrons. The predicted molar refractivity (Wildman–Crippen MR) is 146 cm³/mol. The fourth-order valence-electron chi connectivity index (χ4n) is 4.03. The molecule has 1 amide bonds. The molecule has 0 saturated carbocycles. The van der Waals surface area contributed by atoms with Gasteiger partial charge in [-0.2, -0.15) is 0 Å². The van der Waals surface area contributed by atoms with Crippen LogP contribution in [-0.2, 0) is 16.1 Å². The van der Waals surface area contributed by atoms with Crippen LogP contribution in [0.2, 0.25) is 0 Å². The fraction of sp³-hybridized carbons (Fsp3) is 0.259. The SMILES string of the molecule is CC(=O)Nc1ccc(Nc2nc(CN3CCN(c4ncccn4)CC3)nc3ccccc23)cc1.CC(=O)O.